The maximum absolute atomic E-state index is 10.5. The molecule has 0 amide bonds. The molecular weight excluding hydrogens is 164 g/mol. The lowest BCUT2D eigenvalue weighted by molar-refractivity contribution is 0.0702. The Morgan fingerprint density at radius 3 is 3.18 bits per heavy atom. The smallest absolute Gasteiger partial charge is 0.346 e. The second-order valence-electron chi connectivity index (χ2n) is 2.33. The highest BCUT2D eigenvalue weighted by Crippen LogP contribution is 2.34. The molecule has 0 saturated heterocycles. The van der Waals surface area contributed by atoms with E-state index >= 15 is 0 Å². The standard InChI is InChI=1S/C7H6O3S/c8-6(9)5-3-4-1-2-10-7(4)11-5/h3H,1-2H2,(H,8,9). The Morgan fingerprint density at radius 2 is 2.55 bits per heavy atom. The van der Waals surface area contributed by atoms with Crippen molar-refractivity contribution in [3.8, 4) is 5.06 Å². The van der Waals surface area contributed by atoms with Crippen LogP contribution in [0.2, 0.25) is 0 Å². The average molecular weight is 170 g/mol. The largest absolute Gasteiger partial charge is 0.483 e. The van der Waals surface area contributed by atoms with Gasteiger partial charge in [-0.05, 0) is 6.07 Å². The summed E-state index contributed by atoms with van der Waals surface area (Å²) in [6.45, 7) is 0.696. The van der Waals surface area contributed by atoms with Gasteiger partial charge in [-0.1, -0.05) is 11.3 Å². The molecule has 11 heavy (non-hydrogen) atoms. The molecule has 2 rings (SSSR count). The number of carboxylic acids is 1. The predicted molar refractivity (Wildman–Crippen MR) is 40.5 cm³/mol. The molecule has 1 aliphatic heterocycles. The fourth-order valence-electron chi connectivity index (χ4n) is 1.07. The van der Waals surface area contributed by atoms with Gasteiger partial charge in [-0.15, -0.1) is 0 Å². The number of hydrogen-bond donors (Lipinski definition) is 1. The highest BCUT2D eigenvalue weighted by atomic mass is 32.1. The van der Waals surface area contributed by atoms with E-state index in [0.29, 0.717) is 11.5 Å². The van der Waals surface area contributed by atoms with E-state index in [4.69, 9.17) is 9.84 Å². The van der Waals surface area contributed by atoms with Crippen molar-refractivity contribution < 1.29 is 14.6 Å². The molecule has 0 aliphatic carbocycles. The first-order valence-electron chi connectivity index (χ1n) is 3.26. The van der Waals surface area contributed by atoms with Crippen molar-refractivity contribution in [2.24, 2.45) is 0 Å². The molecule has 1 aliphatic rings. The van der Waals surface area contributed by atoms with Crippen molar-refractivity contribution in [1.29, 1.82) is 0 Å². The number of aromatic carboxylic acids is 1. The van der Waals surface area contributed by atoms with Crippen molar-refractivity contribution in [3.63, 3.8) is 0 Å². The van der Waals surface area contributed by atoms with E-state index in [1.807, 2.05) is 0 Å². The summed E-state index contributed by atoms with van der Waals surface area (Å²) < 4.78 is 5.18. The van der Waals surface area contributed by atoms with Gasteiger partial charge in [-0.2, -0.15) is 0 Å². The van der Waals surface area contributed by atoms with Crippen molar-refractivity contribution in [3.05, 3.63) is 16.5 Å². The van der Waals surface area contributed by atoms with Gasteiger partial charge >= 0.3 is 5.97 Å². The highest BCUT2D eigenvalue weighted by molar-refractivity contribution is 7.15. The number of thiophene rings is 1. The molecule has 58 valence electrons. The SMILES string of the molecule is O=C(O)c1cc2c(s1)OCC2. The maximum atomic E-state index is 10.5. The quantitative estimate of drug-likeness (QED) is 0.692. The first kappa shape index (κ1) is 6.67. The molecule has 0 saturated carbocycles. The van der Waals surface area contributed by atoms with Crippen LogP contribution in [0.5, 0.6) is 5.06 Å². The fourth-order valence-corrected chi connectivity index (χ4v) is 1.99. The van der Waals surface area contributed by atoms with Gasteiger partial charge in [-0.25, -0.2) is 4.79 Å². The number of rotatable bonds is 1. The van der Waals surface area contributed by atoms with Gasteiger partial charge in [0.25, 0.3) is 0 Å². The Bertz CT molecular complexity index is 281. The van der Waals surface area contributed by atoms with Gasteiger partial charge in [-0.3, -0.25) is 0 Å². The molecule has 0 aromatic carbocycles. The van der Waals surface area contributed by atoms with Crippen LogP contribution in [-0.2, 0) is 6.42 Å². The van der Waals surface area contributed by atoms with Crippen molar-refractivity contribution in [1.82, 2.24) is 0 Å². The Balaban J connectivity index is 2.42. The molecule has 1 aromatic rings. The minimum absolute atomic E-state index is 0.370. The predicted octanol–water partition coefficient (Wildman–Crippen LogP) is 1.38. The van der Waals surface area contributed by atoms with Crippen molar-refractivity contribution in [2.75, 3.05) is 6.61 Å². The minimum atomic E-state index is -0.868. The third-order valence-electron chi connectivity index (χ3n) is 1.59. The molecule has 3 nitrogen and oxygen atoms in total. The molecule has 0 spiro atoms. The number of carbonyl (C=O) groups is 1. The van der Waals surface area contributed by atoms with Crippen LogP contribution in [0, 0.1) is 0 Å². The Morgan fingerprint density at radius 1 is 1.73 bits per heavy atom. The summed E-state index contributed by atoms with van der Waals surface area (Å²) in [5, 5.41) is 9.38. The summed E-state index contributed by atoms with van der Waals surface area (Å²) in [5.41, 5.74) is 1.03. The zero-order valence-electron chi connectivity index (χ0n) is 5.66. The van der Waals surface area contributed by atoms with Gasteiger partial charge in [0, 0.05) is 12.0 Å². The first-order valence-corrected chi connectivity index (χ1v) is 4.08. The lowest BCUT2D eigenvalue weighted by Gasteiger charge is -1.89. The van der Waals surface area contributed by atoms with Crippen LogP contribution in [-0.4, -0.2) is 17.7 Å². The van der Waals surface area contributed by atoms with Crippen LogP contribution in [0.15, 0.2) is 6.07 Å². The van der Waals surface area contributed by atoms with Gasteiger partial charge < -0.3 is 9.84 Å². The van der Waals surface area contributed by atoms with Crippen molar-refractivity contribution in [2.45, 2.75) is 6.42 Å². The molecule has 0 fully saturated rings. The molecule has 1 N–H and O–H groups in total. The molecule has 1 aromatic heterocycles. The first-order chi connectivity index (χ1) is 5.27. The summed E-state index contributed by atoms with van der Waals surface area (Å²) in [7, 11) is 0. The lowest BCUT2D eigenvalue weighted by atomic mass is 10.2. The maximum Gasteiger partial charge on any atom is 0.346 e. The van der Waals surface area contributed by atoms with Crippen LogP contribution >= 0.6 is 11.3 Å². The molecule has 0 bridgehead atoms. The van der Waals surface area contributed by atoms with Gasteiger partial charge in [0.2, 0.25) is 0 Å². The number of carboxylic acid groups (broad SMARTS) is 1. The van der Waals surface area contributed by atoms with Gasteiger partial charge in [0.1, 0.15) is 4.88 Å². The number of fused-ring (bicyclic) bond motifs is 1. The molecule has 0 atom stereocenters. The zero-order chi connectivity index (χ0) is 7.84. The van der Waals surface area contributed by atoms with E-state index in [9.17, 15) is 4.79 Å². The number of ether oxygens (including phenoxy) is 1. The van der Waals surface area contributed by atoms with E-state index < -0.39 is 5.97 Å². The Hall–Kier alpha value is -1.03. The summed E-state index contributed by atoms with van der Waals surface area (Å²) in [6.07, 6.45) is 0.846. The molecular formula is C7H6O3S. The van der Waals surface area contributed by atoms with Crippen LogP contribution in [0.25, 0.3) is 0 Å². The van der Waals surface area contributed by atoms with Gasteiger partial charge in [0.05, 0.1) is 6.61 Å². The van der Waals surface area contributed by atoms with Gasteiger partial charge in [0.15, 0.2) is 5.06 Å². The van der Waals surface area contributed by atoms with Crippen LogP contribution in [0.1, 0.15) is 15.2 Å². The van der Waals surface area contributed by atoms with Crippen molar-refractivity contribution >= 4 is 17.3 Å². The lowest BCUT2D eigenvalue weighted by Crippen LogP contribution is -1.92. The summed E-state index contributed by atoms with van der Waals surface area (Å²) >= 11 is 1.21. The highest BCUT2D eigenvalue weighted by Gasteiger charge is 2.18. The Kier molecular flexibility index (Phi) is 1.35. The molecule has 0 radical (unpaired) electrons. The third-order valence-corrected chi connectivity index (χ3v) is 2.66. The van der Waals surface area contributed by atoms with E-state index in [1.165, 1.54) is 11.3 Å². The molecule has 0 unspecified atom stereocenters. The van der Waals surface area contributed by atoms with E-state index in [-0.39, 0.29) is 0 Å². The molecule has 4 heteroatoms. The monoisotopic (exact) mass is 170 g/mol. The Labute approximate surface area is 67.2 Å². The topological polar surface area (TPSA) is 46.5 Å². The van der Waals surface area contributed by atoms with Crippen LogP contribution < -0.4 is 4.74 Å². The van der Waals surface area contributed by atoms with Crippen LogP contribution in [0.4, 0.5) is 0 Å². The number of hydrogen-bond acceptors (Lipinski definition) is 3. The second-order valence-corrected chi connectivity index (χ2v) is 3.34. The second kappa shape index (κ2) is 2.23. The van der Waals surface area contributed by atoms with E-state index in [1.54, 1.807) is 6.07 Å². The fraction of sp³-hybridized carbons (Fsp3) is 0.286. The summed E-state index contributed by atoms with van der Waals surface area (Å²) in [5.74, 6) is -0.868. The summed E-state index contributed by atoms with van der Waals surface area (Å²) in [4.78, 5) is 10.8. The normalized spacial score (nSPS) is 14.2. The van der Waals surface area contributed by atoms with E-state index in [2.05, 4.69) is 0 Å². The third kappa shape index (κ3) is 0.991. The summed E-state index contributed by atoms with van der Waals surface area (Å²) in [6, 6.07) is 1.69. The van der Waals surface area contributed by atoms with E-state index in [0.717, 1.165) is 17.0 Å². The minimum Gasteiger partial charge on any atom is -0.483 e. The molecule has 2 heterocycles. The average Bonchev–Trinajstić information content (AvgIpc) is 2.40. The van der Waals surface area contributed by atoms with Crippen LogP contribution in [0.3, 0.4) is 0 Å². The zero-order valence-corrected chi connectivity index (χ0v) is 6.48.